The quantitative estimate of drug-likeness (QED) is 0.419. The fraction of sp³-hybridized carbons (Fsp3) is 0.105. The number of barbiturate groups is 1. The predicted molar refractivity (Wildman–Crippen MR) is 99.8 cm³/mol. The van der Waals surface area contributed by atoms with E-state index in [4.69, 9.17) is 0 Å². The average Bonchev–Trinajstić information content (AvgIpc) is 2.66. The molecule has 0 bridgehead atoms. The monoisotopic (exact) mass is 380 g/mol. The van der Waals surface area contributed by atoms with Crippen LogP contribution in [0.1, 0.15) is 15.9 Å². The number of para-hydroxylation sites is 2. The van der Waals surface area contributed by atoms with E-state index in [-0.39, 0.29) is 11.3 Å². The molecule has 3 N–H and O–H groups in total. The second kappa shape index (κ2) is 7.70. The minimum absolute atomic E-state index is 0.0178. The van der Waals surface area contributed by atoms with Crippen molar-refractivity contribution in [3.63, 3.8) is 0 Å². The minimum Gasteiger partial charge on any atom is -0.507 e. The van der Waals surface area contributed by atoms with Gasteiger partial charge in [0.05, 0.1) is 11.3 Å². The molecule has 0 radical (unpaired) electrons. The van der Waals surface area contributed by atoms with Gasteiger partial charge in [-0.15, -0.1) is 0 Å². The molecule has 2 aromatic carbocycles. The van der Waals surface area contributed by atoms with Gasteiger partial charge in [-0.25, -0.2) is 15.1 Å². The van der Waals surface area contributed by atoms with E-state index in [9.17, 15) is 24.3 Å². The van der Waals surface area contributed by atoms with Crippen molar-refractivity contribution in [3.8, 4) is 5.75 Å². The molecule has 28 heavy (non-hydrogen) atoms. The fourth-order valence-corrected chi connectivity index (χ4v) is 2.66. The van der Waals surface area contributed by atoms with Gasteiger partial charge in [0, 0.05) is 6.21 Å². The van der Waals surface area contributed by atoms with Crippen LogP contribution in [0.5, 0.6) is 5.75 Å². The van der Waals surface area contributed by atoms with Crippen LogP contribution in [0.3, 0.4) is 0 Å². The van der Waals surface area contributed by atoms with Crippen LogP contribution in [0, 0.1) is 12.8 Å². The van der Waals surface area contributed by atoms with Crippen LogP contribution in [0.25, 0.3) is 0 Å². The van der Waals surface area contributed by atoms with Crippen LogP contribution in [-0.2, 0) is 9.59 Å². The third kappa shape index (κ3) is 3.58. The number of anilines is 1. The number of aromatic hydroxyl groups is 1. The van der Waals surface area contributed by atoms with Gasteiger partial charge in [-0.2, -0.15) is 5.10 Å². The smallest absolute Gasteiger partial charge is 0.335 e. The number of urea groups is 1. The molecule has 0 saturated carbocycles. The molecule has 9 nitrogen and oxygen atoms in total. The lowest BCUT2D eigenvalue weighted by Gasteiger charge is -2.29. The van der Waals surface area contributed by atoms with Gasteiger partial charge in [0.1, 0.15) is 5.75 Å². The van der Waals surface area contributed by atoms with Crippen LogP contribution < -0.4 is 15.6 Å². The van der Waals surface area contributed by atoms with Gasteiger partial charge in [-0.1, -0.05) is 30.3 Å². The maximum atomic E-state index is 12.7. The molecule has 0 unspecified atom stereocenters. The predicted octanol–water partition coefficient (Wildman–Crippen LogP) is 1.32. The molecular formula is C19H16N4O5. The summed E-state index contributed by atoms with van der Waals surface area (Å²) >= 11 is 0. The maximum absolute atomic E-state index is 12.7. The molecule has 2 aromatic rings. The number of nitrogens with one attached hydrogen (secondary N) is 2. The number of amides is 5. The molecule has 5 amide bonds. The third-order valence-corrected chi connectivity index (χ3v) is 4.10. The third-order valence-electron chi connectivity index (χ3n) is 4.10. The number of hydrogen-bond acceptors (Lipinski definition) is 6. The van der Waals surface area contributed by atoms with Gasteiger partial charge >= 0.3 is 6.03 Å². The Balaban J connectivity index is 1.78. The molecule has 3 rings (SSSR count). The maximum Gasteiger partial charge on any atom is 0.335 e. The number of rotatable bonds is 4. The van der Waals surface area contributed by atoms with Crippen molar-refractivity contribution in [3.05, 3.63) is 59.7 Å². The Labute approximate surface area is 159 Å². The summed E-state index contributed by atoms with van der Waals surface area (Å²) in [5.74, 6) is -3.99. The Morgan fingerprint density at radius 2 is 1.82 bits per heavy atom. The molecule has 0 spiro atoms. The summed E-state index contributed by atoms with van der Waals surface area (Å²) in [6.07, 6.45) is 0.938. The van der Waals surface area contributed by atoms with Gasteiger partial charge in [0.25, 0.3) is 11.8 Å². The van der Waals surface area contributed by atoms with Crippen molar-refractivity contribution in [2.24, 2.45) is 11.0 Å². The number of carbonyl (C=O) groups is 4. The first-order valence-electron chi connectivity index (χ1n) is 8.26. The summed E-state index contributed by atoms with van der Waals surface area (Å²) in [6.45, 7) is 1.72. The lowest BCUT2D eigenvalue weighted by atomic mass is 10.0. The van der Waals surface area contributed by atoms with E-state index in [1.807, 2.05) is 0 Å². The lowest BCUT2D eigenvalue weighted by molar-refractivity contribution is -0.131. The van der Waals surface area contributed by atoms with E-state index in [1.54, 1.807) is 43.3 Å². The Kier molecular flexibility index (Phi) is 5.16. The highest BCUT2D eigenvalue weighted by Gasteiger charge is 2.40. The Morgan fingerprint density at radius 1 is 1.14 bits per heavy atom. The van der Waals surface area contributed by atoms with Crippen molar-refractivity contribution in [2.75, 3.05) is 4.90 Å². The summed E-state index contributed by atoms with van der Waals surface area (Å²) in [7, 11) is 0. The Morgan fingerprint density at radius 3 is 2.54 bits per heavy atom. The first-order chi connectivity index (χ1) is 13.4. The van der Waals surface area contributed by atoms with E-state index < -0.39 is 29.7 Å². The van der Waals surface area contributed by atoms with Crippen molar-refractivity contribution in [2.45, 2.75) is 6.92 Å². The van der Waals surface area contributed by atoms with Crippen LogP contribution >= 0.6 is 0 Å². The van der Waals surface area contributed by atoms with Crippen LogP contribution in [-0.4, -0.2) is 35.1 Å². The minimum atomic E-state index is -1.40. The largest absolute Gasteiger partial charge is 0.507 e. The zero-order valence-electron chi connectivity index (χ0n) is 14.7. The summed E-state index contributed by atoms with van der Waals surface area (Å²) < 4.78 is 0. The van der Waals surface area contributed by atoms with E-state index in [1.165, 1.54) is 12.1 Å². The molecule has 1 heterocycles. The SMILES string of the molecule is Cc1ccccc1N1C(=O)NC(=O)[C@H](/C=N\NC(=O)c2ccccc2O)C1=O. The van der Waals surface area contributed by atoms with E-state index in [0.717, 1.165) is 11.1 Å². The Bertz CT molecular complexity index is 1000. The molecule has 142 valence electrons. The van der Waals surface area contributed by atoms with Crippen molar-refractivity contribution in [1.82, 2.24) is 10.7 Å². The summed E-state index contributed by atoms with van der Waals surface area (Å²) in [5.41, 5.74) is 3.13. The van der Waals surface area contributed by atoms with Gasteiger partial charge in [0.15, 0.2) is 5.92 Å². The molecular weight excluding hydrogens is 364 g/mol. The number of benzene rings is 2. The summed E-state index contributed by atoms with van der Waals surface area (Å²) in [5, 5.41) is 15.4. The molecule has 1 aliphatic heterocycles. The Hall–Kier alpha value is -4.01. The molecule has 1 aliphatic rings. The van der Waals surface area contributed by atoms with Gasteiger partial charge in [-0.05, 0) is 30.7 Å². The number of aryl methyl sites for hydroxylation is 1. The van der Waals surface area contributed by atoms with Crippen molar-refractivity contribution < 1.29 is 24.3 Å². The number of phenolic OH excluding ortho intramolecular Hbond substituents is 1. The van der Waals surface area contributed by atoms with Gasteiger partial charge < -0.3 is 5.11 Å². The molecule has 1 atom stereocenters. The fourth-order valence-electron chi connectivity index (χ4n) is 2.66. The summed E-state index contributed by atoms with van der Waals surface area (Å²) in [4.78, 5) is 49.8. The molecule has 1 fully saturated rings. The topological polar surface area (TPSA) is 128 Å². The van der Waals surface area contributed by atoms with Crippen LogP contribution in [0.4, 0.5) is 10.5 Å². The number of hydrogen-bond donors (Lipinski definition) is 3. The normalized spacial score (nSPS) is 17.0. The van der Waals surface area contributed by atoms with Crippen LogP contribution in [0.15, 0.2) is 53.6 Å². The highest BCUT2D eigenvalue weighted by molar-refractivity contribution is 6.32. The molecule has 0 aromatic heterocycles. The lowest BCUT2D eigenvalue weighted by Crippen LogP contribution is -2.59. The van der Waals surface area contributed by atoms with Gasteiger partial charge in [0.2, 0.25) is 5.91 Å². The number of imide groups is 2. The number of phenols is 1. The van der Waals surface area contributed by atoms with E-state index >= 15 is 0 Å². The highest BCUT2D eigenvalue weighted by atomic mass is 16.3. The van der Waals surface area contributed by atoms with E-state index in [0.29, 0.717) is 11.3 Å². The molecule has 0 aliphatic carbocycles. The first kappa shape index (κ1) is 18.8. The number of nitrogens with zero attached hydrogens (tertiary/aromatic N) is 2. The van der Waals surface area contributed by atoms with E-state index in [2.05, 4.69) is 15.8 Å². The number of carbonyl (C=O) groups excluding carboxylic acids is 4. The molecule has 9 heteroatoms. The zero-order valence-corrected chi connectivity index (χ0v) is 14.7. The highest BCUT2D eigenvalue weighted by Crippen LogP contribution is 2.23. The zero-order chi connectivity index (χ0) is 20.3. The average molecular weight is 380 g/mol. The second-order valence-corrected chi connectivity index (χ2v) is 5.97. The molecule has 1 saturated heterocycles. The standard InChI is InChI=1S/C19H16N4O5/c1-11-6-2-4-8-14(11)23-18(27)13(16(25)21-19(23)28)10-20-22-17(26)12-7-3-5-9-15(12)24/h2-10,13,24H,1H3,(H,22,26)(H,21,25,28)/b20-10-/t13-/m0/s1. The first-order valence-corrected chi connectivity index (χ1v) is 8.26. The van der Waals surface area contributed by atoms with Gasteiger partial charge in [-0.3, -0.25) is 19.7 Å². The van der Waals surface area contributed by atoms with Crippen molar-refractivity contribution in [1.29, 1.82) is 0 Å². The second-order valence-electron chi connectivity index (χ2n) is 5.97. The number of hydrazone groups is 1. The summed E-state index contributed by atoms with van der Waals surface area (Å²) in [6, 6.07) is 11.7. The van der Waals surface area contributed by atoms with Crippen molar-refractivity contribution >= 4 is 35.7 Å². The van der Waals surface area contributed by atoms with Crippen LogP contribution in [0.2, 0.25) is 0 Å².